The van der Waals surface area contributed by atoms with Crippen molar-refractivity contribution in [3.63, 3.8) is 0 Å². The maximum absolute atomic E-state index is 11.1. The second-order valence-electron chi connectivity index (χ2n) is 27.4. The zero-order valence-electron chi connectivity index (χ0n) is 44.0. The van der Waals surface area contributed by atoms with Crippen molar-refractivity contribution in [1.82, 2.24) is 0 Å². The van der Waals surface area contributed by atoms with Crippen LogP contribution in [0.2, 0.25) is 18.1 Å². The summed E-state index contributed by atoms with van der Waals surface area (Å²) in [6.07, 6.45) is 39.4. The molecular formula is C61H96O4Si. The van der Waals surface area contributed by atoms with E-state index in [2.05, 4.69) is 131 Å². The van der Waals surface area contributed by atoms with Crippen LogP contribution in [-0.2, 0) is 4.43 Å². The third-order valence-electron chi connectivity index (χ3n) is 22.7. The van der Waals surface area contributed by atoms with Crippen LogP contribution < -0.4 is 0 Å². The Balaban J connectivity index is 0.000000169. The van der Waals surface area contributed by atoms with Gasteiger partial charge in [-0.05, 0) is 202 Å². The van der Waals surface area contributed by atoms with Crippen molar-refractivity contribution in [2.24, 2.45) is 86.8 Å². The van der Waals surface area contributed by atoms with Gasteiger partial charge in [0.05, 0.1) is 18.3 Å². The third-order valence-corrected chi connectivity index (χ3v) is 27.2. The van der Waals surface area contributed by atoms with E-state index in [1.165, 1.54) is 95.5 Å². The Hall–Kier alpha value is -1.50. The molecule has 0 aromatic rings. The van der Waals surface area contributed by atoms with E-state index in [4.69, 9.17) is 4.43 Å². The quantitative estimate of drug-likeness (QED) is 0.151. The van der Waals surface area contributed by atoms with Gasteiger partial charge in [0.15, 0.2) is 8.32 Å². The van der Waals surface area contributed by atoms with E-state index in [0.29, 0.717) is 58.4 Å². The summed E-state index contributed by atoms with van der Waals surface area (Å²) < 4.78 is 6.91. The van der Waals surface area contributed by atoms with E-state index in [1.54, 1.807) is 16.7 Å². The number of hydrogen-bond acceptors (Lipinski definition) is 4. The first-order valence-corrected chi connectivity index (χ1v) is 30.8. The lowest BCUT2D eigenvalue weighted by Gasteiger charge is -2.56. The molecule has 10 aliphatic rings. The monoisotopic (exact) mass is 921 g/mol. The molecule has 0 radical (unpaired) electrons. The highest BCUT2D eigenvalue weighted by Crippen LogP contribution is 2.68. The highest BCUT2D eigenvalue weighted by Gasteiger charge is 2.60. The molecule has 368 valence electrons. The van der Waals surface area contributed by atoms with Gasteiger partial charge in [0.25, 0.3) is 0 Å². The highest BCUT2D eigenvalue weighted by molar-refractivity contribution is 6.74. The summed E-state index contributed by atoms with van der Waals surface area (Å²) in [4.78, 5) is 0. The predicted octanol–water partition coefficient (Wildman–Crippen LogP) is 14.9. The summed E-state index contributed by atoms with van der Waals surface area (Å²) in [6, 6.07) is 0. The third kappa shape index (κ3) is 8.73. The van der Waals surface area contributed by atoms with E-state index >= 15 is 0 Å². The molecule has 0 aliphatic heterocycles. The molecule has 4 nitrogen and oxygen atoms in total. The van der Waals surface area contributed by atoms with Crippen molar-refractivity contribution in [3.05, 3.63) is 70.9 Å². The minimum atomic E-state index is -1.73. The van der Waals surface area contributed by atoms with Crippen molar-refractivity contribution in [2.45, 2.75) is 221 Å². The summed E-state index contributed by atoms with van der Waals surface area (Å²) in [5.41, 5.74) is 7.31. The molecule has 10 aliphatic carbocycles. The summed E-state index contributed by atoms with van der Waals surface area (Å²) in [5, 5.41) is 31.9. The highest BCUT2D eigenvalue weighted by atomic mass is 28.4. The van der Waals surface area contributed by atoms with Gasteiger partial charge in [-0.15, -0.1) is 0 Å². The van der Waals surface area contributed by atoms with Crippen molar-refractivity contribution in [2.75, 3.05) is 0 Å². The molecule has 1 unspecified atom stereocenters. The number of rotatable bonds is 10. The molecule has 66 heavy (non-hydrogen) atoms. The normalized spacial score (nSPS) is 43.9. The van der Waals surface area contributed by atoms with Gasteiger partial charge in [-0.1, -0.05) is 140 Å². The van der Waals surface area contributed by atoms with Crippen LogP contribution in [0.1, 0.15) is 178 Å². The van der Waals surface area contributed by atoms with Gasteiger partial charge >= 0.3 is 0 Å². The molecular weight excluding hydrogens is 825 g/mol. The predicted molar refractivity (Wildman–Crippen MR) is 277 cm³/mol. The van der Waals surface area contributed by atoms with Crippen LogP contribution in [-0.4, -0.2) is 48.1 Å². The molecule has 8 saturated carbocycles. The molecule has 8 fully saturated rings. The van der Waals surface area contributed by atoms with Gasteiger partial charge in [-0.2, -0.15) is 0 Å². The lowest BCUT2D eigenvalue weighted by molar-refractivity contribution is -0.0537. The van der Waals surface area contributed by atoms with Crippen LogP contribution in [0.3, 0.4) is 0 Å². The number of hydrogen-bond donors (Lipinski definition) is 3. The summed E-state index contributed by atoms with van der Waals surface area (Å²) in [7, 11) is -1.73. The average Bonchev–Trinajstić information content (AvgIpc) is 4.20. The number of fused-ring (bicyclic) bond motifs is 10. The molecule has 0 saturated heterocycles. The van der Waals surface area contributed by atoms with E-state index in [9.17, 15) is 15.3 Å². The molecule has 3 N–H and O–H groups in total. The first kappa shape index (κ1) is 49.5. The summed E-state index contributed by atoms with van der Waals surface area (Å²) in [5.74, 6) is 7.52. The first-order chi connectivity index (χ1) is 31.0. The molecule has 0 aromatic heterocycles. The van der Waals surface area contributed by atoms with Crippen LogP contribution in [0.25, 0.3) is 0 Å². The van der Waals surface area contributed by atoms with Crippen LogP contribution in [0.4, 0.5) is 0 Å². The zero-order valence-corrected chi connectivity index (χ0v) is 45.0. The second kappa shape index (κ2) is 18.0. The Labute approximate surface area is 404 Å². The maximum Gasteiger partial charge on any atom is 0.192 e. The molecule has 10 rings (SSSR count). The van der Waals surface area contributed by atoms with Crippen molar-refractivity contribution >= 4 is 8.32 Å². The average molecular weight is 922 g/mol. The fraction of sp³-hybridized carbons (Fsp3) is 0.803. The fourth-order valence-electron chi connectivity index (χ4n) is 16.8. The summed E-state index contributed by atoms with van der Waals surface area (Å²) >= 11 is 0. The molecule has 0 heterocycles. The Bertz CT molecular complexity index is 1990. The molecule has 0 amide bonds. The standard InChI is InChI=1S/C33H54O2Si.C28H42O2/c1-22(9-16-30(34)23-10-11-23)27-14-15-28-26-13-12-24-21-25(35-36(7,8)31(2,3)4)17-19-32(24,5)29(26)18-20-33(27,28)6;1-17(19-7-8-19)5-6-18(2)23-11-12-24-22-10-9-20-15-21(29)16-26(30)28(20,4)25(22)13-14-27(23,24)3/h9,12-13,16,22-23,25,27-30,34H,10-11,14-15,17-21H2,1-8H3;5-6,9-10,17-19,21,23-26,29-30H,7-8,11-16H2,1-4H3/b16-9+;6-5+/t22-,25?,27+,28-,29-,30+,32-,33+;17-,18+,21-,23-,24+,25+,26+,27-,28+/m01/s1. The molecule has 0 bridgehead atoms. The van der Waals surface area contributed by atoms with Gasteiger partial charge in [0.1, 0.15) is 0 Å². The number of aliphatic hydroxyl groups excluding tert-OH is 3. The van der Waals surface area contributed by atoms with Crippen LogP contribution >= 0.6 is 0 Å². The Morgan fingerprint density at radius 2 is 1.14 bits per heavy atom. The van der Waals surface area contributed by atoms with E-state index < -0.39 is 14.4 Å². The molecule has 17 atom stereocenters. The van der Waals surface area contributed by atoms with Gasteiger partial charge in [-0.25, -0.2) is 0 Å². The van der Waals surface area contributed by atoms with Crippen LogP contribution in [0, 0.1) is 86.8 Å². The maximum atomic E-state index is 11.1. The Kier molecular flexibility index (Phi) is 13.5. The molecule has 0 aromatic carbocycles. The smallest absolute Gasteiger partial charge is 0.192 e. The Morgan fingerprint density at radius 1 is 0.606 bits per heavy atom. The second-order valence-corrected chi connectivity index (χ2v) is 32.2. The van der Waals surface area contributed by atoms with Gasteiger partial charge in [0.2, 0.25) is 0 Å². The number of aliphatic hydroxyl groups is 3. The Morgan fingerprint density at radius 3 is 1.71 bits per heavy atom. The molecule has 5 heteroatoms. The van der Waals surface area contributed by atoms with Crippen molar-refractivity contribution in [1.29, 1.82) is 0 Å². The number of allylic oxidation sites excluding steroid dienone is 9. The first-order valence-electron chi connectivity index (χ1n) is 27.9. The van der Waals surface area contributed by atoms with Gasteiger partial charge < -0.3 is 19.7 Å². The summed E-state index contributed by atoms with van der Waals surface area (Å²) in [6.45, 7) is 29.2. The minimum absolute atomic E-state index is 0.173. The van der Waals surface area contributed by atoms with Crippen molar-refractivity contribution < 1.29 is 19.7 Å². The largest absolute Gasteiger partial charge is 0.414 e. The SMILES string of the molecule is C[C@@H](/C=C/[C@@H](O)C1CC1)[C@H]1CC[C@H]2C3=CC=C4CC(O[Si](C)(C)C(C)(C)C)CC[C@]4(C)[C@H]3CC[C@]12C.C[C@H](/C=C/[C@H](C)[C@H]1CC[C@H]2C3=CC=C4C[C@@H](O)C[C@H](O)[C@]4(C)[C@H]3CC[C@]12C)C1CC1. The minimum Gasteiger partial charge on any atom is -0.414 e. The molecule has 0 spiro atoms. The fourth-order valence-corrected chi connectivity index (χ4v) is 18.2. The van der Waals surface area contributed by atoms with E-state index in [1.807, 2.05) is 0 Å². The van der Waals surface area contributed by atoms with Crippen LogP contribution in [0.15, 0.2) is 70.9 Å². The van der Waals surface area contributed by atoms with Gasteiger partial charge in [0, 0.05) is 17.9 Å². The lowest BCUT2D eigenvalue weighted by Crippen LogP contribution is -2.52. The van der Waals surface area contributed by atoms with Crippen LogP contribution in [0.5, 0.6) is 0 Å². The van der Waals surface area contributed by atoms with E-state index in [0.717, 1.165) is 48.3 Å². The zero-order chi connectivity index (χ0) is 47.4. The topological polar surface area (TPSA) is 69.9 Å². The van der Waals surface area contributed by atoms with Gasteiger partial charge in [-0.3, -0.25) is 0 Å². The van der Waals surface area contributed by atoms with E-state index in [-0.39, 0.29) is 22.7 Å². The van der Waals surface area contributed by atoms with Crippen molar-refractivity contribution in [3.8, 4) is 0 Å². The lowest BCUT2D eigenvalue weighted by atomic mass is 9.49.